The van der Waals surface area contributed by atoms with Gasteiger partial charge in [-0.05, 0) is 12.1 Å². The summed E-state index contributed by atoms with van der Waals surface area (Å²) in [5, 5.41) is -0.101. The monoisotopic (exact) mass is 302 g/mol. The van der Waals surface area contributed by atoms with E-state index in [4.69, 9.17) is 11.6 Å². The maximum atomic E-state index is 13.5. The summed E-state index contributed by atoms with van der Waals surface area (Å²) in [5.74, 6) is -0.830. The van der Waals surface area contributed by atoms with Gasteiger partial charge in [-0.25, -0.2) is 12.8 Å². The Morgan fingerprint density at radius 3 is 2.63 bits per heavy atom. The van der Waals surface area contributed by atoms with E-state index in [2.05, 4.69) is 4.98 Å². The van der Waals surface area contributed by atoms with Gasteiger partial charge in [-0.15, -0.1) is 0 Å². The van der Waals surface area contributed by atoms with Gasteiger partial charge in [0.2, 0.25) is 5.43 Å². The van der Waals surface area contributed by atoms with Crippen molar-refractivity contribution in [2.75, 3.05) is 4.72 Å². The number of aromatic nitrogens is 1. The Labute approximate surface area is 113 Å². The number of H-pyrrole nitrogens is 1. The molecule has 2 N–H and O–H groups in total. The molecule has 0 spiro atoms. The fourth-order valence-electron chi connectivity index (χ4n) is 1.40. The predicted octanol–water partition coefficient (Wildman–Crippen LogP) is 1.97. The molecule has 0 saturated carbocycles. The molecule has 8 heteroatoms. The van der Waals surface area contributed by atoms with Gasteiger partial charge >= 0.3 is 0 Å². The number of nitrogens with one attached hydrogen (secondary N) is 2. The molecular formula is C11H8ClFN2O3S. The first-order chi connectivity index (χ1) is 8.92. The van der Waals surface area contributed by atoms with Crippen LogP contribution in [0.2, 0.25) is 5.02 Å². The van der Waals surface area contributed by atoms with Crippen molar-refractivity contribution in [1.29, 1.82) is 0 Å². The van der Waals surface area contributed by atoms with Crippen molar-refractivity contribution >= 4 is 27.3 Å². The maximum absolute atomic E-state index is 13.5. The quantitative estimate of drug-likeness (QED) is 0.910. The SMILES string of the molecule is O=c1cc[nH]cc1S(=O)(=O)Nc1c(F)cccc1Cl. The van der Waals surface area contributed by atoms with Crippen LogP contribution in [0.5, 0.6) is 0 Å². The van der Waals surface area contributed by atoms with E-state index in [1.165, 1.54) is 18.3 Å². The second-order valence-electron chi connectivity index (χ2n) is 3.57. The number of sulfonamides is 1. The van der Waals surface area contributed by atoms with Crippen LogP contribution in [0.4, 0.5) is 10.1 Å². The lowest BCUT2D eigenvalue weighted by Crippen LogP contribution is -2.21. The molecule has 0 bridgehead atoms. The molecule has 0 amide bonds. The number of hydrogen-bond donors (Lipinski definition) is 2. The van der Waals surface area contributed by atoms with E-state index in [0.29, 0.717) is 0 Å². The van der Waals surface area contributed by atoms with Gasteiger partial charge in [-0.3, -0.25) is 9.52 Å². The van der Waals surface area contributed by atoms with Gasteiger partial charge < -0.3 is 4.98 Å². The first-order valence-electron chi connectivity index (χ1n) is 5.06. The largest absolute Gasteiger partial charge is 0.366 e. The molecule has 1 aromatic heterocycles. The molecule has 0 unspecified atom stereocenters. The van der Waals surface area contributed by atoms with E-state index in [-0.39, 0.29) is 5.02 Å². The maximum Gasteiger partial charge on any atom is 0.267 e. The smallest absolute Gasteiger partial charge is 0.267 e. The predicted molar refractivity (Wildman–Crippen MR) is 69.3 cm³/mol. The summed E-state index contributed by atoms with van der Waals surface area (Å²) in [4.78, 5) is 13.4. The van der Waals surface area contributed by atoms with Crippen molar-refractivity contribution in [3.8, 4) is 0 Å². The van der Waals surface area contributed by atoms with Crippen molar-refractivity contribution in [2.45, 2.75) is 4.90 Å². The standard InChI is InChI=1S/C11H8ClFN2O3S/c12-7-2-1-3-8(13)11(7)15-19(17,18)10-6-14-5-4-9(10)16/h1-6,15H,(H,14,16). The molecule has 5 nitrogen and oxygen atoms in total. The molecule has 1 aromatic carbocycles. The highest BCUT2D eigenvalue weighted by Crippen LogP contribution is 2.26. The molecule has 0 aliphatic heterocycles. The topological polar surface area (TPSA) is 79.0 Å². The molecule has 0 aliphatic rings. The third kappa shape index (κ3) is 2.77. The van der Waals surface area contributed by atoms with Crippen LogP contribution in [-0.4, -0.2) is 13.4 Å². The van der Waals surface area contributed by atoms with Gasteiger partial charge in [-0.2, -0.15) is 0 Å². The Morgan fingerprint density at radius 2 is 2.00 bits per heavy atom. The Bertz CT molecular complexity index is 753. The second-order valence-corrected chi connectivity index (χ2v) is 5.63. The van der Waals surface area contributed by atoms with Gasteiger partial charge in [0.1, 0.15) is 11.5 Å². The van der Waals surface area contributed by atoms with E-state index in [1.54, 1.807) is 0 Å². The summed E-state index contributed by atoms with van der Waals surface area (Å²) in [6, 6.07) is 4.78. The Kier molecular flexibility index (Phi) is 3.59. The number of rotatable bonds is 3. The van der Waals surface area contributed by atoms with Crippen molar-refractivity contribution in [3.05, 3.63) is 57.7 Å². The van der Waals surface area contributed by atoms with Crippen LogP contribution < -0.4 is 10.2 Å². The molecule has 100 valence electrons. The van der Waals surface area contributed by atoms with Gasteiger partial charge in [0.05, 0.1) is 5.02 Å². The van der Waals surface area contributed by atoms with Crippen molar-refractivity contribution in [3.63, 3.8) is 0 Å². The molecule has 0 atom stereocenters. The molecule has 19 heavy (non-hydrogen) atoms. The van der Waals surface area contributed by atoms with Crippen LogP contribution in [0.3, 0.4) is 0 Å². The number of pyridine rings is 1. The highest BCUT2D eigenvalue weighted by Gasteiger charge is 2.20. The Balaban J connectivity index is 2.49. The van der Waals surface area contributed by atoms with Crippen molar-refractivity contribution in [1.82, 2.24) is 4.98 Å². The molecule has 0 saturated heterocycles. The molecule has 2 rings (SSSR count). The lowest BCUT2D eigenvalue weighted by atomic mass is 10.3. The van der Waals surface area contributed by atoms with Crippen molar-refractivity contribution in [2.24, 2.45) is 0 Å². The fraction of sp³-hybridized carbons (Fsp3) is 0. The number of halogens is 2. The van der Waals surface area contributed by atoms with Gasteiger partial charge in [0, 0.05) is 18.5 Å². The van der Waals surface area contributed by atoms with Crippen molar-refractivity contribution < 1.29 is 12.8 Å². The Hall–Kier alpha value is -1.86. The zero-order valence-corrected chi connectivity index (χ0v) is 10.9. The molecule has 0 fully saturated rings. The van der Waals surface area contributed by atoms with Crippen LogP contribution >= 0.6 is 11.6 Å². The minimum atomic E-state index is -4.21. The molecule has 0 aliphatic carbocycles. The fourth-order valence-corrected chi connectivity index (χ4v) is 2.80. The molecular weight excluding hydrogens is 295 g/mol. The molecule has 1 heterocycles. The summed E-state index contributed by atoms with van der Waals surface area (Å²) >= 11 is 5.71. The number of benzene rings is 1. The number of hydrogen-bond acceptors (Lipinski definition) is 3. The van der Waals surface area contributed by atoms with E-state index < -0.39 is 31.9 Å². The van der Waals surface area contributed by atoms with Crippen LogP contribution in [0.1, 0.15) is 0 Å². The summed E-state index contributed by atoms with van der Waals surface area (Å²) in [7, 11) is -4.21. The zero-order valence-electron chi connectivity index (χ0n) is 9.35. The molecule has 2 aromatic rings. The van der Waals surface area contributed by atoms with Gasteiger partial charge in [0.25, 0.3) is 10.0 Å². The summed E-state index contributed by atoms with van der Waals surface area (Å²) in [5.41, 5.74) is -1.11. The normalized spacial score (nSPS) is 11.3. The average molecular weight is 303 g/mol. The number of anilines is 1. The highest BCUT2D eigenvalue weighted by molar-refractivity contribution is 7.92. The summed E-state index contributed by atoms with van der Waals surface area (Å²) in [6.07, 6.45) is 2.30. The van der Waals surface area contributed by atoms with Gasteiger partial charge in [0.15, 0.2) is 4.90 Å². The molecule has 0 radical (unpaired) electrons. The average Bonchev–Trinajstić information content (AvgIpc) is 2.34. The van der Waals surface area contributed by atoms with E-state index in [9.17, 15) is 17.6 Å². The van der Waals surface area contributed by atoms with Crippen LogP contribution in [0.15, 0.2) is 46.3 Å². The minimum absolute atomic E-state index is 0.101. The third-order valence-corrected chi connectivity index (χ3v) is 3.96. The van der Waals surface area contributed by atoms with E-state index in [1.807, 2.05) is 4.72 Å². The van der Waals surface area contributed by atoms with Crippen LogP contribution in [0, 0.1) is 5.82 Å². The zero-order chi connectivity index (χ0) is 14.0. The van der Waals surface area contributed by atoms with Gasteiger partial charge in [-0.1, -0.05) is 17.7 Å². The first kappa shape index (κ1) is 13.6. The number of para-hydroxylation sites is 1. The summed E-state index contributed by atoms with van der Waals surface area (Å²) in [6.45, 7) is 0. The first-order valence-corrected chi connectivity index (χ1v) is 6.92. The Morgan fingerprint density at radius 1 is 1.26 bits per heavy atom. The van der Waals surface area contributed by atoms with Crippen LogP contribution in [-0.2, 0) is 10.0 Å². The summed E-state index contributed by atoms with van der Waals surface area (Å²) < 4.78 is 39.4. The minimum Gasteiger partial charge on any atom is -0.366 e. The van der Waals surface area contributed by atoms with E-state index >= 15 is 0 Å². The van der Waals surface area contributed by atoms with Crippen LogP contribution in [0.25, 0.3) is 0 Å². The third-order valence-electron chi connectivity index (χ3n) is 2.28. The lowest BCUT2D eigenvalue weighted by molar-refractivity contribution is 0.597. The number of aromatic amines is 1. The lowest BCUT2D eigenvalue weighted by Gasteiger charge is -2.09. The second kappa shape index (κ2) is 5.02. The highest BCUT2D eigenvalue weighted by atomic mass is 35.5. The van der Waals surface area contributed by atoms with E-state index in [0.717, 1.165) is 18.3 Å².